The van der Waals surface area contributed by atoms with Gasteiger partial charge in [0, 0.05) is 37.2 Å². The maximum atomic E-state index is 16.9. The SMILES string of the molecule is C#Cc1c(F)ccc2cccc(-c3nc4c5c(nc(OCC67CCCN6CCC7)nc5c3F)N3CCCOCC3CC4)c12.CCN(CC)C(=O)OC. The van der Waals surface area contributed by atoms with Crippen LogP contribution in [0.5, 0.6) is 6.01 Å². The number of carbonyl (C=O) groups is 1. The summed E-state index contributed by atoms with van der Waals surface area (Å²) in [5.74, 6) is 2.02. The number of aromatic nitrogens is 3. The van der Waals surface area contributed by atoms with Gasteiger partial charge in [-0.1, -0.05) is 30.2 Å². The molecule has 3 fully saturated rings. The molecule has 8 rings (SSSR count). The summed E-state index contributed by atoms with van der Waals surface area (Å²) in [6.07, 6.45) is 12.2. The van der Waals surface area contributed by atoms with Crippen molar-refractivity contribution in [1.82, 2.24) is 24.8 Å². The fourth-order valence-corrected chi connectivity index (χ4v) is 8.45. The molecule has 52 heavy (non-hydrogen) atoms. The third-order valence-electron chi connectivity index (χ3n) is 11.1. The number of halogens is 2. The van der Waals surface area contributed by atoms with Gasteiger partial charge in [0.25, 0.3) is 0 Å². The molecule has 0 saturated carbocycles. The number of benzene rings is 2. The van der Waals surface area contributed by atoms with E-state index in [4.69, 9.17) is 30.8 Å². The number of ether oxygens (including phenoxy) is 3. The number of anilines is 1. The highest BCUT2D eigenvalue weighted by molar-refractivity contribution is 6.02. The number of amides is 1. The van der Waals surface area contributed by atoms with Crippen molar-refractivity contribution in [3.8, 4) is 29.6 Å². The first kappa shape index (κ1) is 35.8. The summed E-state index contributed by atoms with van der Waals surface area (Å²) < 4.78 is 48.6. The molecule has 2 aromatic heterocycles. The van der Waals surface area contributed by atoms with Gasteiger partial charge in [-0.3, -0.25) is 4.90 Å². The van der Waals surface area contributed by atoms with Crippen molar-refractivity contribution >= 4 is 33.6 Å². The van der Waals surface area contributed by atoms with E-state index in [0.29, 0.717) is 72.6 Å². The summed E-state index contributed by atoms with van der Waals surface area (Å²) in [5, 5.41) is 1.79. The third-order valence-corrected chi connectivity index (χ3v) is 11.1. The fourth-order valence-electron chi connectivity index (χ4n) is 8.45. The molecule has 0 aliphatic carbocycles. The van der Waals surface area contributed by atoms with Gasteiger partial charge in [-0.15, -0.1) is 6.42 Å². The van der Waals surface area contributed by atoms with Crippen LogP contribution in [0.4, 0.5) is 19.4 Å². The average molecular weight is 713 g/mol. The van der Waals surface area contributed by atoms with Crippen molar-refractivity contribution < 1.29 is 27.8 Å². The summed E-state index contributed by atoms with van der Waals surface area (Å²) in [4.78, 5) is 31.7. The predicted octanol–water partition coefficient (Wildman–Crippen LogP) is 6.75. The molecule has 6 heterocycles. The van der Waals surface area contributed by atoms with E-state index in [1.54, 1.807) is 17.0 Å². The van der Waals surface area contributed by atoms with E-state index >= 15 is 4.39 Å². The Balaban J connectivity index is 0.000000416. The van der Waals surface area contributed by atoms with Crippen LogP contribution in [0, 0.1) is 24.0 Å². The van der Waals surface area contributed by atoms with E-state index < -0.39 is 11.6 Å². The highest BCUT2D eigenvalue weighted by Crippen LogP contribution is 2.42. The summed E-state index contributed by atoms with van der Waals surface area (Å²) in [5.41, 5.74) is 1.53. The molecular weight excluding hydrogens is 666 g/mol. The second-order valence-electron chi connectivity index (χ2n) is 13.9. The zero-order valence-electron chi connectivity index (χ0n) is 30.2. The minimum atomic E-state index is -0.585. The van der Waals surface area contributed by atoms with E-state index in [0.717, 1.165) is 58.2 Å². The number of terminal acetylenes is 1. The molecule has 3 saturated heterocycles. The van der Waals surface area contributed by atoms with Crippen LogP contribution in [0.3, 0.4) is 0 Å². The molecule has 1 unspecified atom stereocenters. The molecule has 12 heteroatoms. The first-order valence-corrected chi connectivity index (χ1v) is 18.5. The molecule has 1 atom stereocenters. The molecule has 10 nitrogen and oxygen atoms in total. The Kier molecular flexibility index (Phi) is 10.4. The van der Waals surface area contributed by atoms with Crippen LogP contribution >= 0.6 is 0 Å². The average Bonchev–Trinajstić information content (AvgIpc) is 3.61. The molecule has 4 aliphatic heterocycles. The number of hydrogen-bond donors (Lipinski definition) is 0. The minimum Gasteiger partial charge on any atom is -0.461 e. The molecule has 1 amide bonds. The van der Waals surface area contributed by atoms with E-state index in [2.05, 4.69) is 20.5 Å². The maximum Gasteiger partial charge on any atom is 0.409 e. The van der Waals surface area contributed by atoms with Crippen molar-refractivity contribution in [2.45, 2.75) is 70.4 Å². The zero-order chi connectivity index (χ0) is 36.4. The van der Waals surface area contributed by atoms with Crippen LogP contribution in [-0.2, 0) is 15.9 Å². The quantitative estimate of drug-likeness (QED) is 0.202. The van der Waals surface area contributed by atoms with Crippen LogP contribution < -0.4 is 9.64 Å². The predicted molar refractivity (Wildman–Crippen MR) is 197 cm³/mol. The summed E-state index contributed by atoms with van der Waals surface area (Å²) in [6.45, 7) is 9.89. The number of fused-ring (bicyclic) bond motifs is 4. The van der Waals surface area contributed by atoms with Crippen LogP contribution in [-0.4, -0.2) is 102 Å². The number of nitrogens with zero attached hydrogens (tertiary/aromatic N) is 6. The van der Waals surface area contributed by atoms with E-state index in [1.807, 2.05) is 26.0 Å². The van der Waals surface area contributed by atoms with Crippen molar-refractivity contribution in [1.29, 1.82) is 0 Å². The number of aryl methyl sites for hydroxylation is 1. The van der Waals surface area contributed by atoms with E-state index in [-0.39, 0.29) is 40.5 Å². The van der Waals surface area contributed by atoms with Gasteiger partial charge in [-0.05, 0) is 83.3 Å². The third kappa shape index (κ3) is 6.49. The lowest BCUT2D eigenvalue weighted by Crippen LogP contribution is -2.43. The number of pyridine rings is 1. The second-order valence-corrected chi connectivity index (χ2v) is 13.9. The largest absolute Gasteiger partial charge is 0.461 e. The Morgan fingerprint density at radius 1 is 1.06 bits per heavy atom. The normalized spacial score (nSPS) is 19.2. The summed E-state index contributed by atoms with van der Waals surface area (Å²) in [6, 6.07) is 8.66. The summed E-state index contributed by atoms with van der Waals surface area (Å²) >= 11 is 0. The highest BCUT2D eigenvalue weighted by Gasteiger charge is 2.45. The van der Waals surface area contributed by atoms with Gasteiger partial charge in [0.2, 0.25) is 0 Å². The Morgan fingerprint density at radius 3 is 2.56 bits per heavy atom. The molecule has 4 aliphatic rings. The monoisotopic (exact) mass is 712 g/mol. The Morgan fingerprint density at radius 2 is 1.85 bits per heavy atom. The lowest BCUT2D eigenvalue weighted by molar-refractivity contribution is 0.108. The van der Waals surface area contributed by atoms with Crippen molar-refractivity contribution in [3.63, 3.8) is 0 Å². The maximum absolute atomic E-state index is 16.9. The van der Waals surface area contributed by atoms with Gasteiger partial charge in [0.1, 0.15) is 29.5 Å². The van der Waals surface area contributed by atoms with Gasteiger partial charge >= 0.3 is 12.1 Å². The van der Waals surface area contributed by atoms with Crippen molar-refractivity contribution in [2.24, 2.45) is 0 Å². The standard InChI is InChI=1S/C34H33F2N5O2.C6H13NO2/c1-2-23-25(35)11-9-21-7-3-8-24(27(21)23)30-29(36)31-28-26(37-30)12-10-22-19-42-18-6-17-41(22)32(28)39-33(38-31)43-20-34-13-4-15-40(34)16-5-14-34;1-4-7(5-2)6(8)9-3/h1,3,7-9,11,22H,4-6,10,12-20H2;4-5H2,1-3H3. The van der Waals surface area contributed by atoms with Gasteiger partial charge < -0.3 is 24.0 Å². The zero-order valence-corrected chi connectivity index (χ0v) is 30.2. The van der Waals surface area contributed by atoms with Crippen molar-refractivity contribution in [2.75, 3.05) is 64.6 Å². The van der Waals surface area contributed by atoms with Gasteiger partial charge in [0.05, 0.1) is 41.9 Å². The highest BCUT2D eigenvalue weighted by atomic mass is 19.1. The smallest absolute Gasteiger partial charge is 0.409 e. The lowest BCUT2D eigenvalue weighted by atomic mass is 9.95. The molecule has 4 aromatic rings. The first-order chi connectivity index (χ1) is 25.3. The summed E-state index contributed by atoms with van der Waals surface area (Å²) in [7, 11) is 1.39. The first-order valence-electron chi connectivity index (χ1n) is 18.5. The van der Waals surface area contributed by atoms with Crippen molar-refractivity contribution in [3.05, 3.63) is 53.2 Å². The number of hydrogen-bond acceptors (Lipinski definition) is 9. The Labute approximate surface area is 303 Å². The Hall–Kier alpha value is -4.60. The number of methoxy groups -OCH3 is 1. The molecule has 2 aromatic carbocycles. The molecule has 0 N–H and O–H groups in total. The Bertz CT molecular complexity index is 2000. The topological polar surface area (TPSA) is 93.2 Å². The molecule has 0 spiro atoms. The number of carbonyl (C=O) groups excluding carboxylic acids is 1. The lowest BCUT2D eigenvalue weighted by Gasteiger charge is -2.32. The van der Waals surface area contributed by atoms with Gasteiger partial charge in [-0.2, -0.15) is 9.97 Å². The van der Waals surface area contributed by atoms with Gasteiger partial charge in [-0.25, -0.2) is 18.6 Å². The van der Waals surface area contributed by atoms with Crippen LogP contribution in [0.25, 0.3) is 32.9 Å². The number of rotatable bonds is 6. The second kappa shape index (κ2) is 15.2. The van der Waals surface area contributed by atoms with E-state index in [9.17, 15) is 9.18 Å². The minimum absolute atomic E-state index is 0.00280. The van der Waals surface area contributed by atoms with Crippen LogP contribution in [0.2, 0.25) is 0 Å². The molecule has 0 radical (unpaired) electrons. The van der Waals surface area contributed by atoms with Gasteiger partial charge in [0.15, 0.2) is 5.82 Å². The van der Waals surface area contributed by atoms with Crippen LogP contribution in [0.15, 0.2) is 30.3 Å². The van der Waals surface area contributed by atoms with Crippen LogP contribution in [0.1, 0.15) is 63.6 Å². The molecule has 0 bridgehead atoms. The fraction of sp³-hybridized carbons (Fsp3) is 0.500. The molecular formula is C40H46F2N6O4. The molecule has 274 valence electrons. The van der Waals surface area contributed by atoms with E-state index in [1.165, 1.54) is 13.2 Å².